The van der Waals surface area contributed by atoms with Gasteiger partial charge in [-0.25, -0.2) is 13.8 Å². The van der Waals surface area contributed by atoms with Crippen LogP contribution in [0.3, 0.4) is 0 Å². The molecule has 0 N–H and O–H groups in total. The average Bonchev–Trinajstić information content (AvgIpc) is 2.20. The van der Waals surface area contributed by atoms with Gasteiger partial charge in [-0.2, -0.15) is 0 Å². The van der Waals surface area contributed by atoms with E-state index < -0.39 is 6.43 Å². The molecule has 0 spiro atoms. The number of nitrogens with zero attached hydrogens (tertiary/aromatic N) is 1. The number of hydrogen-bond donors (Lipinski definition) is 0. The van der Waals surface area contributed by atoms with Crippen molar-refractivity contribution in [3.8, 4) is 0 Å². The van der Waals surface area contributed by atoms with Gasteiger partial charge in [0.1, 0.15) is 5.69 Å². The minimum absolute atomic E-state index is 0.181. The molecule has 0 saturated carbocycles. The van der Waals surface area contributed by atoms with Crippen molar-refractivity contribution in [1.29, 1.82) is 0 Å². The van der Waals surface area contributed by atoms with Crippen molar-refractivity contribution in [1.82, 2.24) is 4.98 Å². The van der Waals surface area contributed by atoms with Gasteiger partial charge in [0, 0.05) is 14.3 Å². The third-order valence-electron chi connectivity index (χ3n) is 2.30. The van der Waals surface area contributed by atoms with E-state index in [0.29, 0.717) is 5.52 Å². The Labute approximate surface area is 108 Å². The van der Waals surface area contributed by atoms with E-state index in [4.69, 9.17) is 0 Å². The normalized spacial score (nSPS) is 11.4. The molecule has 0 radical (unpaired) electrons. The van der Waals surface area contributed by atoms with E-state index in [1.807, 2.05) is 6.07 Å². The first-order valence-corrected chi connectivity index (χ1v) is 6.12. The first-order chi connectivity index (χ1) is 7.49. The second kappa shape index (κ2) is 4.37. The van der Waals surface area contributed by atoms with Gasteiger partial charge in [0.25, 0.3) is 6.43 Å². The lowest BCUT2D eigenvalue weighted by Gasteiger charge is -2.07. The van der Waals surface area contributed by atoms with E-state index in [1.54, 1.807) is 13.0 Å². The van der Waals surface area contributed by atoms with Crippen LogP contribution in [-0.4, -0.2) is 4.98 Å². The second-order valence-electron chi connectivity index (χ2n) is 3.45. The van der Waals surface area contributed by atoms with Gasteiger partial charge in [0.05, 0.1) is 5.52 Å². The molecule has 0 unspecified atom stereocenters. The maximum atomic E-state index is 12.6. The molecular formula is C11H7Br2F2N. The summed E-state index contributed by atoms with van der Waals surface area (Å²) in [6.45, 7) is 1.80. The number of aryl methyl sites for hydroxylation is 1. The van der Waals surface area contributed by atoms with Gasteiger partial charge in [-0.1, -0.05) is 0 Å². The molecule has 84 valence electrons. The number of benzene rings is 1. The summed E-state index contributed by atoms with van der Waals surface area (Å²) in [6.07, 6.45) is -2.54. The van der Waals surface area contributed by atoms with Crippen LogP contribution in [0.5, 0.6) is 0 Å². The molecule has 0 aliphatic rings. The number of pyridine rings is 1. The molecule has 1 aromatic heterocycles. The smallest absolute Gasteiger partial charge is 0.247 e. The monoisotopic (exact) mass is 349 g/mol. The fourth-order valence-corrected chi connectivity index (χ4v) is 2.20. The summed E-state index contributed by atoms with van der Waals surface area (Å²) in [6, 6.07) is 5.03. The van der Waals surface area contributed by atoms with Crippen LogP contribution in [0.1, 0.15) is 17.7 Å². The summed E-state index contributed by atoms with van der Waals surface area (Å²) in [5.41, 5.74) is 1.19. The summed E-state index contributed by atoms with van der Waals surface area (Å²) in [4.78, 5) is 3.94. The second-order valence-corrected chi connectivity index (χ2v) is 5.16. The lowest BCUT2D eigenvalue weighted by Crippen LogP contribution is -1.93. The van der Waals surface area contributed by atoms with E-state index in [1.165, 1.54) is 6.07 Å². The third kappa shape index (κ3) is 2.11. The molecule has 0 fully saturated rings. The van der Waals surface area contributed by atoms with Gasteiger partial charge in [0.15, 0.2) is 0 Å². The third-order valence-corrected chi connectivity index (χ3v) is 4.15. The minimum Gasteiger partial charge on any atom is -0.247 e. The maximum absolute atomic E-state index is 12.6. The molecule has 0 saturated heterocycles. The van der Waals surface area contributed by atoms with Crippen molar-refractivity contribution in [2.24, 2.45) is 0 Å². The van der Waals surface area contributed by atoms with E-state index in [9.17, 15) is 8.78 Å². The summed E-state index contributed by atoms with van der Waals surface area (Å²) in [5, 5.41) is 0.875. The number of fused-ring (bicyclic) bond motifs is 1. The van der Waals surface area contributed by atoms with Gasteiger partial charge < -0.3 is 0 Å². The Morgan fingerprint density at radius 3 is 2.38 bits per heavy atom. The predicted molar refractivity (Wildman–Crippen MR) is 66.8 cm³/mol. The van der Waals surface area contributed by atoms with Crippen molar-refractivity contribution in [2.75, 3.05) is 0 Å². The molecule has 5 heteroatoms. The number of halogens is 4. The molecule has 0 amide bonds. The SMILES string of the molecule is Cc1cc(C(F)F)nc2cc(Br)c(Br)cc12. The highest BCUT2D eigenvalue weighted by molar-refractivity contribution is 9.13. The first kappa shape index (κ1) is 11.9. The van der Waals surface area contributed by atoms with E-state index in [2.05, 4.69) is 36.8 Å². The first-order valence-electron chi connectivity index (χ1n) is 4.53. The summed E-state index contributed by atoms with van der Waals surface area (Å²) in [7, 11) is 0. The average molecular weight is 351 g/mol. The largest absolute Gasteiger partial charge is 0.280 e. The molecule has 0 bridgehead atoms. The lowest BCUT2D eigenvalue weighted by molar-refractivity contribution is 0.146. The van der Waals surface area contributed by atoms with Gasteiger partial charge in [-0.3, -0.25) is 0 Å². The van der Waals surface area contributed by atoms with E-state index in [-0.39, 0.29) is 5.69 Å². The predicted octanol–water partition coefficient (Wildman–Crippen LogP) is 5.01. The van der Waals surface area contributed by atoms with Gasteiger partial charge in [0.2, 0.25) is 0 Å². The highest BCUT2D eigenvalue weighted by Crippen LogP contribution is 2.31. The molecule has 0 atom stereocenters. The fourth-order valence-electron chi connectivity index (χ4n) is 1.53. The van der Waals surface area contributed by atoms with Crippen LogP contribution < -0.4 is 0 Å². The Hall–Kier alpha value is -0.550. The molecule has 0 aliphatic heterocycles. The highest BCUT2D eigenvalue weighted by Gasteiger charge is 2.12. The van der Waals surface area contributed by atoms with E-state index in [0.717, 1.165) is 19.9 Å². The van der Waals surface area contributed by atoms with Crippen LogP contribution in [0.25, 0.3) is 10.9 Å². The van der Waals surface area contributed by atoms with E-state index >= 15 is 0 Å². The Morgan fingerprint density at radius 1 is 1.12 bits per heavy atom. The zero-order chi connectivity index (χ0) is 11.9. The van der Waals surface area contributed by atoms with Crippen LogP contribution in [-0.2, 0) is 0 Å². The van der Waals surface area contributed by atoms with Crippen molar-refractivity contribution in [3.63, 3.8) is 0 Å². The van der Waals surface area contributed by atoms with Crippen LogP contribution in [0, 0.1) is 6.92 Å². The molecule has 1 heterocycles. The standard InChI is InChI=1S/C11H7Br2F2N/c1-5-2-10(11(14)15)16-9-4-8(13)7(12)3-6(5)9/h2-4,11H,1H3. The topological polar surface area (TPSA) is 12.9 Å². The van der Waals surface area contributed by atoms with Crippen molar-refractivity contribution in [3.05, 3.63) is 38.4 Å². The van der Waals surface area contributed by atoms with Gasteiger partial charge >= 0.3 is 0 Å². The van der Waals surface area contributed by atoms with Crippen LogP contribution >= 0.6 is 31.9 Å². The molecular weight excluding hydrogens is 344 g/mol. The zero-order valence-corrected chi connectivity index (χ0v) is 11.4. The Bertz CT molecular complexity index is 555. The Morgan fingerprint density at radius 2 is 1.75 bits per heavy atom. The minimum atomic E-state index is -2.54. The lowest BCUT2D eigenvalue weighted by atomic mass is 10.1. The highest BCUT2D eigenvalue weighted by atomic mass is 79.9. The number of alkyl halides is 2. The molecule has 1 aromatic carbocycles. The van der Waals surface area contributed by atoms with Crippen molar-refractivity contribution < 1.29 is 8.78 Å². The Kier molecular flexibility index (Phi) is 3.26. The summed E-state index contributed by atoms with van der Waals surface area (Å²) >= 11 is 6.70. The van der Waals surface area contributed by atoms with Crippen molar-refractivity contribution >= 4 is 42.8 Å². The summed E-state index contributed by atoms with van der Waals surface area (Å²) < 4.78 is 26.8. The van der Waals surface area contributed by atoms with Gasteiger partial charge in [-0.05, 0) is 62.5 Å². The van der Waals surface area contributed by atoms with Crippen LogP contribution in [0.4, 0.5) is 8.78 Å². The number of hydrogen-bond acceptors (Lipinski definition) is 1. The zero-order valence-electron chi connectivity index (χ0n) is 8.27. The maximum Gasteiger partial charge on any atom is 0.280 e. The number of aromatic nitrogens is 1. The molecule has 1 nitrogen and oxygen atoms in total. The number of rotatable bonds is 1. The fraction of sp³-hybridized carbons (Fsp3) is 0.182. The molecule has 16 heavy (non-hydrogen) atoms. The molecule has 2 aromatic rings. The summed E-state index contributed by atoms with van der Waals surface area (Å²) in [5.74, 6) is 0. The van der Waals surface area contributed by atoms with Crippen LogP contribution in [0.15, 0.2) is 27.1 Å². The van der Waals surface area contributed by atoms with Crippen molar-refractivity contribution in [2.45, 2.75) is 13.3 Å². The molecule has 2 rings (SSSR count). The quantitative estimate of drug-likeness (QED) is 0.704. The van der Waals surface area contributed by atoms with Gasteiger partial charge in [-0.15, -0.1) is 0 Å². The Balaban J connectivity index is 2.77. The molecule has 0 aliphatic carbocycles. The van der Waals surface area contributed by atoms with Crippen LogP contribution in [0.2, 0.25) is 0 Å².